The number of aromatic nitrogens is 3. The molecule has 0 aliphatic rings. The van der Waals surface area contributed by atoms with E-state index in [1.807, 2.05) is 0 Å². The summed E-state index contributed by atoms with van der Waals surface area (Å²) in [7, 11) is 0. The van der Waals surface area contributed by atoms with Gasteiger partial charge in [0.15, 0.2) is 0 Å². The number of pyridine rings is 1. The van der Waals surface area contributed by atoms with Gasteiger partial charge in [0.2, 0.25) is 0 Å². The molecule has 2 amide bonds. The van der Waals surface area contributed by atoms with E-state index < -0.39 is 22.8 Å². The molecule has 0 spiro atoms. The second-order valence-electron chi connectivity index (χ2n) is 7.24. The Bertz CT molecular complexity index is 1400. The number of amides is 2. The van der Waals surface area contributed by atoms with Crippen molar-refractivity contribution < 1.29 is 22.7 Å². The first-order valence-electron chi connectivity index (χ1n) is 10.0. The number of carbonyl (C=O) groups is 1. The largest absolute Gasteiger partial charge is 0.424 e. The van der Waals surface area contributed by atoms with Gasteiger partial charge in [-0.1, -0.05) is 35.3 Å². The monoisotopic (exact) mass is 534 g/mol. The molecule has 0 aliphatic heterocycles. The maximum Gasteiger partial charge on any atom is 0.417 e. The van der Waals surface area contributed by atoms with E-state index in [0.717, 1.165) is 23.8 Å². The molecule has 0 bridgehead atoms. The van der Waals surface area contributed by atoms with Gasteiger partial charge in [-0.25, -0.2) is 19.7 Å². The minimum absolute atomic E-state index is 0.0205. The van der Waals surface area contributed by atoms with Gasteiger partial charge in [-0.15, -0.1) is 0 Å². The molecule has 4 aromatic rings. The third kappa shape index (κ3) is 6.12. The van der Waals surface area contributed by atoms with E-state index in [0.29, 0.717) is 22.2 Å². The number of anilines is 3. The number of benzene rings is 2. The molecule has 4 N–H and O–H groups in total. The van der Waals surface area contributed by atoms with Gasteiger partial charge in [-0.2, -0.15) is 13.2 Å². The van der Waals surface area contributed by atoms with Gasteiger partial charge >= 0.3 is 18.2 Å². The van der Waals surface area contributed by atoms with E-state index in [1.165, 1.54) is 18.6 Å². The van der Waals surface area contributed by atoms with Crippen LogP contribution in [-0.2, 0) is 6.18 Å². The molecule has 184 valence electrons. The number of hydrogen-bond donors (Lipinski definition) is 3. The van der Waals surface area contributed by atoms with Gasteiger partial charge < -0.3 is 21.1 Å². The van der Waals surface area contributed by atoms with Crippen LogP contribution in [0.25, 0.3) is 11.1 Å². The lowest BCUT2D eigenvalue weighted by molar-refractivity contribution is -0.137. The number of hydrogen-bond acceptors (Lipinski definition) is 6. The highest BCUT2D eigenvalue weighted by Crippen LogP contribution is 2.36. The molecule has 13 heteroatoms. The van der Waals surface area contributed by atoms with Crippen LogP contribution in [-0.4, -0.2) is 21.0 Å². The number of alkyl halides is 3. The fourth-order valence-electron chi connectivity index (χ4n) is 3.04. The summed E-state index contributed by atoms with van der Waals surface area (Å²) in [5.41, 5.74) is 6.66. The van der Waals surface area contributed by atoms with E-state index >= 15 is 0 Å². The van der Waals surface area contributed by atoms with Crippen molar-refractivity contribution in [2.45, 2.75) is 6.18 Å². The zero-order valence-electron chi connectivity index (χ0n) is 18.0. The van der Waals surface area contributed by atoms with Crippen molar-refractivity contribution in [2.24, 2.45) is 0 Å². The van der Waals surface area contributed by atoms with E-state index in [4.69, 9.17) is 33.7 Å². The average Bonchev–Trinajstić information content (AvgIpc) is 2.82. The lowest BCUT2D eigenvalue weighted by Crippen LogP contribution is -2.20. The van der Waals surface area contributed by atoms with Crippen LogP contribution < -0.4 is 21.1 Å². The van der Waals surface area contributed by atoms with Crippen molar-refractivity contribution >= 4 is 46.4 Å². The number of nitrogens with one attached hydrogen (secondary N) is 2. The van der Waals surface area contributed by atoms with E-state index in [1.54, 1.807) is 30.3 Å². The first-order chi connectivity index (χ1) is 17.1. The van der Waals surface area contributed by atoms with Gasteiger partial charge in [0.05, 0.1) is 33.7 Å². The Kier molecular flexibility index (Phi) is 7.13. The highest BCUT2D eigenvalue weighted by molar-refractivity contribution is 6.32. The summed E-state index contributed by atoms with van der Waals surface area (Å²) in [5.74, 6) is 0.787. The number of rotatable bonds is 5. The molecule has 0 aliphatic carbocycles. The fraction of sp³-hybridized carbons (Fsp3) is 0.0435. The molecular weight excluding hydrogens is 520 g/mol. The molecule has 2 aromatic heterocycles. The molecule has 0 saturated heterocycles. The Morgan fingerprint density at radius 2 is 1.56 bits per heavy atom. The van der Waals surface area contributed by atoms with Crippen LogP contribution in [0.4, 0.5) is 35.2 Å². The van der Waals surface area contributed by atoms with Crippen LogP contribution in [0.1, 0.15) is 5.56 Å². The molecule has 0 saturated carbocycles. The third-order valence-electron chi connectivity index (χ3n) is 4.68. The van der Waals surface area contributed by atoms with E-state index in [9.17, 15) is 18.0 Å². The van der Waals surface area contributed by atoms with Crippen molar-refractivity contribution in [2.75, 3.05) is 16.4 Å². The van der Waals surface area contributed by atoms with Crippen molar-refractivity contribution in [3.05, 3.63) is 82.7 Å². The second-order valence-corrected chi connectivity index (χ2v) is 8.08. The SMILES string of the molecule is Nc1ncc(Cl)cc1-c1ccc(Oc2ncc(NC(=O)Nc3ccc(C(F)(F)F)c(Cl)c3)cn2)cc1. The lowest BCUT2D eigenvalue weighted by Gasteiger charge is -2.12. The molecule has 8 nitrogen and oxygen atoms in total. The maximum absolute atomic E-state index is 12.8. The minimum Gasteiger partial charge on any atom is -0.424 e. The molecular formula is C23H15Cl2F3N6O2. The smallest absolute Gasteiger partial charge is 0.417 e. The summed E-state index contributed by atoms with van der Waals surface area (Å²) >= 11 is 11.6. The zero-order chi connectivity index (χ0) is 25.9. The standard InChI is InChI=1S/C23H15Cl2F3N6O2/c24-13-7-17(20(29)30-9-13)12-1-4-16(5-2-12)36-22-31-10-15(11-32-22)34-21(35)33-14-3-6-18(19(25)8-14)23(26,27)28/h1-11H,(H2,29,30)(H2,33,34,35). The summed E-state index contributed by atoms with van der Waals surface area (Å²) < 4.78 is 44.0. The number of carbonyl (C=O) groups excluding carboxylic acids is 1. The van der Waals surface area contributed by atoms with Crippen molar-refractivity contribution in [3.8, 4) is 22.9 Å². The lowest BCUT2D eigenvalue weighted by atomic mass is 10.1. The third-order valence-corrected chi connectivity index (χ3v) is 5.20. The van der Waals surface area contributed by atoms with Crippen molar-refractivity contribution in [3.63, 3.8) is 0 Å². The topological polar surface area (TPSA) is 115 Å². The summed E-state index contributed by atoms with van der Waals surface area (Å²) in [6, 6.07) is 10.8. The molecule has 0 fully saturated rings. The number of nitrogens with two attached hydrogens (primary N) is 1. The quantitative estimate of drug-likeness (QED) is 0.257. The number of nitrogens with zero attached hydrogens (tertiary/aromatic N) is 3. The normalized spacial score (nSPS) is 11.1. The number of nitrogen functional groups attached to an aromatic ring is 1. The fourth-order valence-corrected chi connectivity index (χ4v) is 3.48. The average molecular weight is 535 g/mol. The zero-order valence-corrected chi connectivity index (χ0v) is 19.5. The highest BCUT2D eigenvalue weighted by Gasteiger charge is 2.33. The Morgan fingerprint density at radius 1 is 0.889 bits per heavy atom. The molecule has 2 aromatic carbocycles. The number of urea groups is 1. The molecule has 0 radical (unpaired) electrons. The second kappa shape index (κ2) is 10.3. The molecule has 4 rings (SSSR count). The van der Waals surface area contributed by atoms with Gasteiger partial charge in [0.25, 0.3) is 0 Å². The summed E-state index contributed by atoms with van der Waals surface area (Å²) in [6.45, 7) is 0. The van der Waals surface area contributed by atoms with Crippen LogP contribution in [0.5, 0.6) is 11.8 Å². The minimum atomic E-state index is -4.59. The van der Waals surface area contributed by atoms with Gasteiger partial charge in [-0.05, 0) is 42.0 Å². The Morgan fingerprint density at radius 3 is 2.19 bits per heavy atom. The summed E-state index contributed by atoms with van der Waals surface area (Å²) in [4.78, 5) is 24.2. The Labute approximate surface area is 212 Å². The van der Waals surface area contributed by atoms with Crippen LogP contribution >= 0.6 is 23.2 Å². The Hall–Kier alpha value is -4.09. The molecule has 2 heterocycles. The first kappa shape index (κ1) is 25.0. The predicted octanol–water partition coefficient (Wildman–Crippen LogP) is 6.88. The Balaban J connectivity index is 1.35. The van der Waals surface area contributed by atoms with Crippen molar-refractivity contribution in [1.29, 1.82) is 0 Å². The number of ether oxygens (including phenoxy) is 1. The molecule has 0 atom stereocenters. The van der Waals surface area contributed by atoms with Crippen LogP contribution in [0.3, 0.4) is 0 Å². The van der Waals surface area contributed by atoms with Crippen LogP contribution in [0, 0.1) is 0 Å². The van der Waals surface area contributed by atoms with Crippen LogP contribution in [0.15, 0.2) is 67.1 Å². The molecule has 0 unspecified atom stereocenters. The summed E-state index contributed by atoms with van der Waals surface area (Å²) in [6.07, 6.45) is -0.535. The molecule has 36 heavy (non-hydrogen) atoms. The van der Waals surface area contributed by atoms with Gasteiger partial charge in [-0.3, -0.25) is 0 Å². The highest BCUT2D eigenvalue weighted by atomic mass is 35.5. The summed E-state index contributed by atoms with van der Waals surface area (Å²) in [5, 5.41) is 4.76. The van der Waals surface area contributed by atoms with Crippen molar-refractivity contribution in [1.82, 2.24) is 15.0 Å². The van der Waals surface area contributed by atoms with Gasteiger partial charge in [0.1, 0.15) is 11.6 Å². The predicted molar refractivity (Wildman–Crippen MR) is 130 cm³/mol. The van der Waals surface area contributed by atoms with E-state index in [-0.39, 0.29) is 17.4 Å². The first-order valence-corrected chi connectivity index (χ1v) is 10.8. The van der Waals surface area contributed by atoms with E-state index in [2.05, 4.69) is 25.6 Å². The van der Waals surface area contributed by atoms with Gasteiger partial charge in [0, 0.05) is 17.4 Å². The van der Waals surface area contributed by atoms with Crippen LogP contribution in [0.2, 0.25) is 10.0 Å². The maximum atomic E-state index is 12.8. The number of halogens is 5.